The molecule has 1 aromatic carbocycles. The first kappa shape index (κ1) is 19.2. The lowest BCUT2D eigenvalue weighted by atomic mass is 9.99. The summed E-state index contributed by atoms with van der Waals surface area (Å²) in [5.74, 6) is -0.364. The van der Waals surface area contributed by atoms with E-state index in [0.717, 1.165) is 18.4 Å². The number of hydrogen-bond donors (Lipinski definition) is 2. The molecule has 1 fully saturated rings. The molecule has 0 saturated carbocycles. The van der Waals surface area contributed by atoms with Gasteiger partial charge in [0.2, 0.25) is 5.91 Å². The molecular weight excluding hydrogens is 394 g/mol. The fourth-order valence-electron chi connectivity index (χ4n) is 3.72. The Bertz CT molecular complexity index is 1060. The molecule has 0 aliphatic carbocycles. The zero-order valence-corrected chi connectivity index (χ0v) is 17.1. The van der Waals surface area contributed by atoms with Crippen LogP contribution in [-0.2, 0) is 21.2 Å². The van der Waals surface area contributed by atoms with Crippen LogP contribution in [0.3, 0.4) is 0 Å². The number of benzene rings is 1. The van der Waals surface area contributed by atoms with E-state index in [1.165, 1.54) is 26.6 Å². The highest BCUT2D eigenvalue weighted by Crippen LogP contribution is 2.26. The van der Waals surface area contributed by atoms with Gasteiger partial charge in [0.1, 0.15) is 4.21 Å². The maximum Gasteiger partial charge on any atom is 0.252 e. The van der Waals surface area contributed by atoms with E-state index >= 15 is 0 Å². The van der Waals surface area contributed by atoms with Gasteiger partial charge in [0.05, 0.1) is 5.92 Å². The average molecular weight is 418 g/mol. The third-order valence-electron chi connectivity index (χ3n) is 5.21. The Kier molecular flexibility index (Phi) is 5.52. The van der Waals surface area contributed by atoms with E-state index in [-0.39, 0.29) is 18.4 Å². The minimum atomic E-state index is -3.50. The Morgan fingerprint density at radius 2 is 2.11 bits per heavy atom. The van der Waals surface area contributed by atoms with Crippen molar-refractivity contribution in [2.24, 2.45) is 5.92 Å². The SMILES string of the molecule is O=C(NCCc1c[nH]c2ccccc12)[C@H]1CCCN(S(=O)(=O)c2cccs2)C1. The first-order valence-corrected chi connectivity index (χ1v) is 11.7. The molecule has 0 bridgehead atoms. The molecule has 1 saturated heterocycles. The topological polar surface area (TPSA) is 82.3 Å². The van der Waals surface area contributed by atoms with E-state index < -0.39 is 10.0 Å². The number of sulfonamides is 1. The number of carbonyl (C=O) groups is 1. The number of H-pyrrole nitrogens is 1. The minimum absolute atomic E-state index is 0.0640. The summed E-state index contributed by atoms with van der Waals surface area (Å²) in [6.07, 6.45) is 4.13. The van der Waals surface area contributed by atoms with Crippen molar-refractivity contribution in [3.05, 3.63) is 53.5 Å². The smallest absolute Gasteiger partial charge is 0.252 e. The maximum absolute atomic E-state index is 12.7. The standard InChI is InChI=1S/C20H23N3O3S2/c24-20(21-10-9-15-13-22-18-7-2-1-6-17(15)18)16-5-3-11-23(14-16)28(25,26)19-8-4-12-27-19/h1-2,4,6-8,12-13,16,22H,3,5,9-11,14H2,(H,21,24)/t16-/m0/s1. The number of rotatable bonds is 6. The van der Waals surface area contributed by atoms with E-state index in [0.29, 0.717) is 23.7 Å². The third-order valence-corrected chi connectivity index (χ3v) is 8.45. The van der Waals surface area contributed by atoms with Gasteiger partial charge in [-0.15, -0.1) is 11.3 Å². The number of nitrogens with one attached hydrogen (secondary N) is 2. The zero-order chi connectivity index (χ0) is 19.6. The summed E-state index contributed by atoms with van der Waals surface area (Å²) >= 11 is 1.21. The predicted molar refractivity (Wildman–Crippen MR) is 111 cm³/mol. The molecule has 28 heavy (non-hydrogen) atoms. The quantitative estimate of drug-likeness (QED) is 0.647. The largest absolute Gasteiger partial charge is 0.361 e. The molecule has 3 heterocycles. The molecule has 0 unspecified atom stereocenters. The van der Waals surface area contributed by atoms with Gasteiger partial charge in [0, 0.05) is 36.7 Å². The van der Waals surface area contributed by atoms with E-state index in [9.17, 15) is 13.2 Å². The summed E-state index contributed by atoms with van der Waals surface area (Å²) in [5.41, 5.74) is 2.26. The van der Waals surface area contributed by atoms with E-state index in [1.54, 1.807) is 17.5 Å². The number of fused-ring (bicyclic) bond motifs is 1. The summed E-state index contributed by atoms with van der Waals surface area (Å²) in [6.45, 7) is 1.26. The Morgan fingerprint density at radius 1 is 1.25 bits per heavy atom. The molecule has 1 aliphatic rings. The van der Waals surface area contributed by atoms with Crippen molar-refractivity contribution in [3.8, 4) is 0 Å². The average Bonchev–Trinajstić information content (AvgIpc) is 3.39. The predicted octanol–water partition coefficient (Wildman–Crippen LogP) is 2.99. The van der Waals surface area contributed by atoms with Crippen LogP contribution in [0.1, 0.15) is 18.4 Å². The van der Waals surface area contributed by atoms with Crippen molar-refractivity contribution in [2.75, 3.05) is 19.6 Å². The van der Waals surface area contributed by atoms with Gasteiger partial charge in [0.15, 0.2) is 0 Å². The Labute approximate surface area is 168 Å². The molecule has 148 valence electrons. The van der Waals surface area contributed by atoms with E-state index in [2.05, 4.69) is 16.4 Å². The van der Waals surface area contributed by atoms with Crippen molar-refractivity contribution in [3.63, 3.8) is 0 Å². The van der Waals surface area contributed by atoms with Crippen LogP contribution in [0.4, 0.5) is 0 Å². The highest BCUT2D eigenvalue weighted by Gasteiger charge is 2.33. The van der Waals surface area contributed by atoms with E-state index in [1.807, 2.05) is 24.4 Å². The van der Waals surface area contributed by atoms with Gasteiger partial charge in [-0.1, -0.05) is 24.3 Å². The van der Waals surface area contributed by atoms with Gasteiger partial charge in [-0.25, -0.2) is 8.42 Å². The monoisotopic (exact) mass is 417 g/mol. The molecule has 6 nitrogen and oxygen atoms in total. The van der Waals surface area contributed by atoms with Gasteiger partial charge >= 0.3 is 0 Å². The number of thiophene rings is 1. The lowest BCUT2D eigenvalue weighted by Crippen LogP contribution is -2.45. The molecule has 1 atom stereocenters. The number of aromatic nitrogens is 1. The number of piperidine rings is 1. The van der Waals surface area contributed by atoms with Crippen LogP contribution in [0.15, 0.2) is 52.2 Å². The second kappa shape index (κ2) is 8.06. The first-order valence-electron chi connectivity index (χ1n) is 9.42. The first-order chi connectivity index (χ1) is 13.6. The summed E-state index contributed by atoms with van der Waals surface area (Å²) < 4.78 is 27.2. The molecule has 8 heteroatoms. The number of carbonyl (C=O) groups excluding carboxylic acids is 1. The molecule has 2 aromatic heterocycles. The van der Waals surface area contributed by atoms with Gasteiger partial charge in [-0.2, -0.15) is 4.31 Å². The van der Waals surface area contributed by atoms with Crippen LogP contribution in [0.5, 0.6) is 0 Å². The number of nitrogens with zero attached hydrogens (tertiary/aromatic N) is 1. The molecule has 0 radical (unpaired) electrons. The highest BCUT2D eigenvalue weighted by atomic mass is 32.2. The van der Waals surface area contributed by atoms with Crippen molar-refractivity contribution in [1.29, 1.82) is 0 Å². The van der Waals surface area contributed by atoms with Gasteiger partial charge in [0.25, 0.3) is 10.0 Å². The molecule has 0 spiro atoms. The van der Waals surface area contributed by atoms with Crippen LogP contribution in [0.25, 0.3) is 10.9 Å². The van der Waals surface area contributed by atoms with E-state index in [4.69, 9.17) is 0 Å². The number of hydrogen-bond acceptors (Lipinski definition) is 4. The Hall–Kier alpha value is -2.16. The molecule has 1 amide bonds. The molecular formula is C20H23N3O3S2. The highest BCUT2D eigenvalue weighted by molar-refractivity contribution is 7.91. The lowest BCUT2D eigenvalue weighted by molar-refractivity contribution is -0.126. The van der Waals surface area contributed by atoms with Crippen LogP contribution >= 0.6 is 11.3 Å². The second-order valence-corrected chi connectivity index (χ2v) is 10.1. The van der Waals surface area contributed by atoms with Crippen LogP contribution < -0.4 is 5.32 Å². The summed E-state index contributed by atoms with van der Waals surface area (Å²) in [7, 11) is -3.50. The van der Waals surface area contributed by atoms with Crippen molar-refractivity contribution in [1.82, 2.24) is 14.6 Å². The van der Waals surface area contributed by atoms with Crippen LogP contribution in [0.2, 0.25) is 0 Å². The molecule has 3 aromatic rings. The Morgan fingerprint density at radius 3 is 2.93 bits per heavy atom. The lowest BCUT2D eigenvalue weighted by Gasteiger charge is -2.30. The maximum atomic E-state index is 12.7. The third kappa shape index (κ3) is 3.85. The second-order valence-electron chi connectivity index (χ2n) is 7.03. The number of aromatic amines is 1. The summed E-state index contributed by atoms with van der Waals surface area (Å²) in [6, 6.07) is 11.4. The zero-order valence-electron chi connectivity index (χ0n) is 15.4. The van der Waals surface area contributed by atoms with Crippen molar-refractivity contribution < 1.29 is 13.2 Å². The summed E-state index contributed by atoms with van der Waals surface area (Å²) in [5, 5.41) is 5.92. The van der Waals surface area contributed by atoms with Crippen molar-refractivity contribution in [2.45, 2.75) is 23.5 Å². The normalized spacial score (nSPS) is 18.4. The molecule has 2 N–H and O–H groups in total. The van der Waals surface area contributed by atoms with Gasteiger partial charge in [-0.05, 0) is 42.3 Å². The molecule has 4 rings (SSSR count). The minimum Gasteiger partial charge on any atom is -0.361 e. The fraction of sp³-hybridized carbons (Fsp3) is 0.350. The molecule has 1 aliphatic heterocycles. The number of amides is 1. The van der Waals surface area contributed by atoms with Crippen molar-refractivity contribution >= 4 is 38.2 Å². The summed E-state index contributed by atoms with van der Waals surface area (Å²) in [4.78, 5) is 15.9. The number of para-hydroxylation sites is 1. The van der Waals surface area contributed by atoms with Gasteiger partial charge < -0.3 is 10.3 Å². The van der Waals surface area contributed by atoms with Crippen LogP contribution in [0, 0.1) is 5.92 Å². The Balaban J connectivity index is 1.34. The fourth-order valence-corrected chi connectivity index (χ4v) is 6.38. The van der Waals surface area contributed by atoms with Crippen LogP contribution in [-0.4, -0.2) is 43.2 Å². The van der Waals surface area contributed by atoms with Gasteiger partial charge in [-0.3, -0.25) is 4.79 Å².